The van der Waals surface area contributed by atoms with Gasteiger partial charge in [-0.2, -0.15) is 0 Å². The Hall–Kier alpha value is -4.19. The third-order valence-electron chi connectivity index (χ3n) is 4.88. The zero-order valence-electron chi connectivity index (χ0n) is 17.9. The van der Waals surface area contributed by atoms with E-state index in [4.69, 9.17) is 9.47 Å². The average Bonchev–Trinajstić information content (AvgIpc) is 2.83. The minimum absolute atomic E-state index is 0.168. The molecule has 160 valence electrons. The molecule has 1 heterocycles. The third kappa shape index (κ3) is 5.29. The lowest BCUT2D eigenvalue weighted by molar-refractivity contribution is 0.0950. The number of ether oxygens (including phenoxy) is 2. The SMILES string of the molecule is COc1ccc(-c2cc(Oc3cccc(C(=O)NCc4cccc(C)c4)c3)ncn2)cc1. The largest absolute Gasteiger partial charge is 0.497 e. The van der Waals surface area contributed by atoms with Crippen LogP contribution in [0.15, 0.2) is 85.2 Å². The third-order valence-corrected chi connectivity index (χ3v) is 4.88. The summed E-state index contributed by atoms with van der Waals surface area (Å²) in [4.78, 5) is 21.1. The highest BCUT2D eigenvalue weighted by Gasteiger charge is 2.09. The van der Waals surface area contributed by atoms with Gasteiger partial charge in [-0.15, -0.1) is 0 Å². The second-order valence-corrected chi connectivity index (χ2v) is 7.27. The molecular weight excluding hydrogens is 402 g/mol. The highest BCUT2D eigenvalue weighted by Crippen LogP contribution is 2.25. The van der Waals surface area contributed by atoms with E-state index in [0.717, 1.165) is 28.1 Å². The maximum Gasteiger partial charge on any atom is 0.251 e. The van der Waals surface area contributed by atoms with Crippen LogP contribution in [0.25, 0.3) is 11.3 Å². The fourth-order valence-electron chi connectivity index (χ4n) is 3.24. The van der Waals surface area contributed by atoms with E-state index in [1.54, 1.807) is 37.4 Å². The first-order valence-electron chi connectivity index (χ1n) is 10.2. The molecule has 6 heteroatoms. The molecule has 0 fully saturated rings. The second kappa shape index (κ2) is 9.75. The van der Waals surface area contributed by atoms with E-state index in [9.17, 15) is 4.79 Å². The molecule has 0 saturated carbocycles. The van der Waals surface area contributed by atoms with Gasteiger partial charge >= 0.3 is 0 Å². The summed E-state index contributed by atoms with van der Waals surface area (Å²) in [5.74, 6) is 1.52. The van der Waals surface area contributed by atoms with Crippen molar-refractivity contribution in [1.82, 2.24) is 15.3 Å². The second-order valence-electron chi connectivity index (χ2n) is 7.27. The Bertz CT molecular complexity index is 1220. The van der Waals surface area contributed by atoms with Crippen molar-refractivity contribution in [3.05, 3.63) is 102 Å². The molecule has 0 saturated heterocycles. The molecule has 0 spiro atoms. The van der Waals surface area contributed by atoms with Crippen molar-refractivity contribution in [2.45, 2.75) is 13.5 Å². The number of carbonyl (C=O) groups is 1. The van der Waals surface area contributed by atoms with Crippen molar-refractivity contribution in [3.63, 3.8) is 0 Å². The lowest BCUT2D eigenvalue weighted by Crippen LogP contribution is -2.22. The van der Waals surface area contributed by atoms with Crippen LogP contribution in [0.2, 0.25) is 0 Å². The van der Waals surface area contributed by atoms with Crippen LogP contribution in [-0.4, -0.2) is 23.0 Å². The molecule has 32 heavy (non-hydrogen) atoms. The van der Waals surface area contributed by atoms with Crippen LogP contribution >= 0.6 is 0 Å². The topological polar surface area (TPSA) is 73.3 Å². The quantitative estimate of drug-likeness (QED) is 0.441. The van der Waals surface area contributed by atoms with E-state index < -0.39 is 0 Å². The lowest BCUT2D eigenvalue weighted by Gasteiger charge is -2.09. The molecule has 0 unspecified atom stereocenters. The Morgan fingerprint density at radius 1 is 0.906 bits per heavy atom. The number of aromatic nitrogens is 2. The van der Waals surface area contributed by atoms with Gasteiger partial charge in [0.05, 0.1) is 12.8 Å². The van der Waals surface area contributed by atoms with Gasteiger partial charge in [-0.05, 0) is 55.0 Å². The number of rotatable bonds is 7. The first kappa shape index (κ1) is 21.1. The van der Waals surface area contributed by atoms with Crippen LogP contribution in [-0.2, 0) is 6.54 Å². The fourth-order valence-corrected chi connectivity index (χ4v) is 3.24. The molecule has 3 aromatic carbocycles. The Morgan fingerprint density at radius 2 is 1.72 bits per heavy atom. The summed E-state index contributed by atoms with van der Waals surface area (Å²) in [6.45, 7) is 2.49. The van der Waals surface area contributed by atoms with E-state index in [-0.39, 0.29) is 5.91 Å². The van der Waals surface area contributed by atoms with E-state index in [1.165, 1.54) is 6.33 Å². The van der Waals surface area contributed by atoms with Gasteiger partial charge in [0, 0.05) is 23.7 Å². The van der Waals surface area contributed by atoms with E-state index >= 15 is 0 Å². The lowest BCUT2D eigenvalue weighted by atomic mass is 10.1. The Labute approximate surface area is 186 Å². The molecule has 0 aliphatic rings. The molecule has 1 N–H and O–H groups in total. The molecule has 4 rings (SSSR count). The van der Waals surface area contributed by atoms with Gasteiger partial charge < -0.3 is 14.8 Å². The summed E-state index contributed by atoms with van der Waals surface area (Å²) in [5, 5.41) is 2.94. The molecule has 0 bridgehead atoms. The molecule has 0 radical (unpaired) electrons. The molecule has 1 aromatic heterocycles. The number of carbonyl (C=O) groups excluding carboxylic acids is 1. The van der Waals surface area contributed by atoms with Crippen LogP contribution < -0.4 is 14.8 Å². The predicted octanol–water partition coefficient (Wildman–Crippen LogP) is 5.18. The van der Waals surface area contributed by atoms with E-state index in [1.807, 2.05) is 49.4 Å². The summed E-state index contributed by atoms with van der Waals surface area (Å²) in [5.41, 5.74) is 4.37. The minimum Gasteiger partial charge on any atom is -0.497 e. The number of methoxy groups -OCH3 is 1. The van der Waals surface area contributed by atoms with Gasteiger partial charge in [0.1, 0.15) is 17.8 Å². The van der Waals surface area contributed by atoms with Crippen molar-refractivity contribution < 1.29 is 14.3 Å². The zero-order valence-corrected chi connectivity index (χ0v) is 17.9. The molecule has 1 amide bonds. The predicted molar refractivity (Wildman–Crippen MR) is 123 cm³/mol. The van der Waals surface area contributed by atoms with Crippen molar-refractivity contribution in [2.24, 2.45) is 0 Å². The summed E-state index contributed by atoms with van der Waals surface area (Å²) < 4.78 is 11.1. The summed E-state index contributed by atoms with van der Waals surface area (Å²) >= 11 is 0. The number of benzene rings is 3. The van der Waals surface area contributed by atoms with Gasteiger partial charge in [-0.1, -0.05) is 35.9 Å². The minimum atomic E-state index is -0.168. The van der Waals surface area contributed by atoms with Crippen molar-refractivity contribution >= 4 is 5.91 Å². The van der Waals surface area contributed by atoms with Crippen LogP contribution in [0.1, 0.15) is 21.5 Å². The Morgan fingerprint density at radius 3 is 2.50 bits per heavy atom. The molecule has 0 aliphatic heterocycles. The highest BCUT2D eigenvalue weighted by molar-refractivity contribution is 5.94. The Kier molecular flexibility index (Phi) is 6.41. The number of hydrogen-bond donors (Lipinski definition) is 1. The van der Waals surface area contributed by atoms with Crippen LogP contribution in [0.4, 0.5) is 0 Å². The molecule has 4 aromatic rings. The average molecular weight is 425 g/mol. The highest BCUT2D eigenvalue weighted by atomic mass is 16.5. The fraction of sp³-hybridized carbons (Fsp3) is 0.115. The first-order valence-corrected chi connectivity index (χ1v) is 10.2. The number of amides is 1. The summed E-state index contributed by atoms with van der Waals surface area (Å²) in [6, 6.07) is 24.4. The van der Waals surface area contributed by atoms with E-state index in [0.29, 0.717) is 23.7 Å². The van der Waals surface area contributed by atoms with Gasteiger partial charge in [-0.3, -0.25) is 4.79 Å². The summed E-state index contributed by atoms with van der Waals surface area (Å²) in [6.07, 6.45) is 1.45. The normalized spacial score (nSPS) is 10.4. The first-order chi connectivity index (χ1) is 15.6. The number of nitrogens with zero attached hydrogens (tertiary/aromatic N) is 2. The van der Waals surface area contributed by atoms with Crippen LogP contribution in [0, 0.1) is 6.92 Å². The molecule has 0 aliphatic carbocycles. The van der Waals surface area contributed by atoms with E-state index in [2.05, 4.69) is 21.4 Å². The van der Waals surface area contributed by atoms with Gasteiger partial charge in [0.15, 0.2) is 0 Å². The Balaban J connectivity index is 1.45. The van der Waals surface area contributed by atoms with Crippen molar-refractivity contribution in [2.75, 3.05) is 7.11 Å². The summed E-state index contributed by atoms with van der Waals surface area (Å²) in [7, 11) is 1.63. The maximum atomic E-state index is 12.6. The van der Waals surface area contributed by atoms with Gasteiger partial charge in [0.25, 0.3) is 5.91 Å². The maximum absolute atomic E-state index is 12.6. The van der Waals surface area contributed by atoms with Crippen LogP contribution in [0.5, 0.6) is 17.4 Å². The zero-order chi connectivity index (χ0) is 22.3. The van der Waals surface area contributed by atoms with Gasteiger partial charge in [0.2, 0.25) is 5.88 Å². The molecule has 0 atom stereocenters. The number of hydrogen-bond acceptors (Lipinski definition) is 5. The van der Waals surface area contributed by atoms with Gasteiger partial charge in [-0.25, -0.2) is 9.97 Å². The molecule has 6 nitrogen and oxygen atoms in total. The smallest absolute Gasteiger partial charge is 0.251 e. The standard InChI is InChI=1S/C26H23N3O3/c1-18-5-3-6-19(13-18)16-27-26(30)21-7-4-8-23(14-21)32-25-15-24(28-17-29-25)20-9-11-22(31-2)12-10-20/h3-15,17H,16H2,1-2H3,(H,27,30). The number of aryl methyl sites for hydroxylation is 1. The van der Waals surface area contributed by atoms with Crippen LogP contribution in [0.3, 0.4) is 0 Å². The molecular formula is C26H23N3O3. The van der Waals surface area contributed by atoms with Crippen molar-refractivity contribution in [3.8, 4) is 28.6 Å². The number of nitrogens with one attached hydrogen (secondary N) is 1. The monoisotopic (exact) mass is 425 g/mol. The van der Waals surface area contributed by atoms with Crippen molar-refractivity contribution in [1.29, 1.82) is 0 Å².